The molecule has 1 aliphatic heterocycles. The number of phosphoric ester groups is 1. The SMILES string of the molecule is [2H]C([2H])(OP(=O)(O)OP(=O)(O)OP(=O)(O)O)[C@@]1(F)O[C@@H](n2cc(CO)c(=S)[nH]c2=O)[C@H](O)[C@@H]1O. The Balaban J connectivity index is 2.38. The van der Waals surface area contributed by atoms with Crippen molar-refractivity contribution in [2.45, 2.75) is 30.9 Å². The quantitative estimate of drug-likeness (QED) is 0.131. The van der Waals surface area contributed by atoms with Crippen LogP contribution in [0.1, 0.15) is 14.5 Å². The minimum absolute atomic E-state index is 0.146. The van der Waals surface area contributed by atoms with Gasteiger partial charge in [-0.2, -0.15) is 8.62 Å². The van der Waals surface area contributed by atoms with E-state index in [1.165, 1.54) is 0 Å². The number of hydrogen-bond acceptors (Lipinski definition) is 12. The van der Waals surface area contributed by atoms with E-state index >= 15 is 4.39 Å². The van der Waals surface area contributed by atoms with Crippen molar-refractivity contribution in [2.24, 2.45) is 0 Å². The number of aromatic amines is 1. The van der Waals surface area contributed by atoms with Crippen LogP contribution in [0.3, 0.4) is 0 Å². The maximum atomic E-state index is 15.4. The third-order valence-corrected chi connectivity index (χ3v) is 7.50. The smallest absolute Gasteiger partial charge is 0.392 e. The summed E-state index contributed by atoms with van der Waals surface area (Å²) in [7, 11) is -18.2. The van der Waals surface area contributed by atoms with Gasteiger partial charge in [0.2, 0.25) is 0 Å². The summed E-state index contributed by atoms with van der Waals surface area (Å²) in [6.07, 6.45) is -6.89. The zero-order chi connectivity index (χ0) is 26.5. The molecule has 184 valence electrons. The second kappa shape index (κ2) is 9.50. The number of nitrogens with zero attached hydrogens (tertiary/aromatic N) is 1. The lowest BCUT2D eigenvalue weighted by atomic mass is 10.1. The number of nitrogens with one attached hydrogen (secondary N) is 1. The first kappa shape index (κ1) is 24.4. The molecule has 17 nitrogen and oxygen atoms in total. The van der Waals surface area contributed by atoms with Crippen LogP contribution >= 0.6 is 35.7 Å². The van der Waals surface area contributed by atoms with Gasteiger partial charge in [-0.15, -0.1) is 0 Å². The number of aliphatic hydroxyl groups excluding tert-OH is 3. The molecule has 1 fully saturated rings. The molecule has 0 aliphatic carbocycles. The first-order valence-electron chi connectivity index (χ1n) is 8.67. The summed E-state index contributed by atoms with van der Waals surface area (Å²) >= 11 is 4.76. The van der Waals surface area contributed by atoms with Gasteiger partial charge >= 0.3 is 29.2 Å². The van der Waals surface area contributed by atoms with Crippen LogP contribution in [0, 0.1) is 4.64 Å². The number of aliphatic hydroxyl groups is 3. The van der Waals surface area contributed by atoms with E-state index in [1.54, 1.807) is 0 Å². The normalized spacial score (nSPS) is 31.4. The summed E-state index contributed by atoms with van der Waals surface area (Å²) in [5.74, 6) is -4.28. The number of halogens is 1. The largest absolute Gasteiger partial charge is 0.490 e. The van der Waals surface area contributed by atoms with Crippen molar-refractivity contribution in [2.75, 3.05) is 6.56 Å². The Hall–Kier alpha value is -0.720. The van der Waals surface area contributed by atoms with Gasteiger partial charge in [0.15, 0.2) is 6.23 Å². The lowest BCUT2D eigenvalue weighted by Crippen LogP contribution is -2.43. The average molecular weight is 550 g/mol. The molecule has 0 amide bonds. The van der Waals surface area contributed by atoms with Gasteiger partial charge in [0, 0.05) is 11.8 Å². The van der Waals surface area contributed by atoms with Crippen LogP contribution in [0.2, 0.25) is 0 Å². The van der Waals surface area contributed by atoms with Crippen molar-refractivity contribution in [1.82, 2.24) is 9.55 Å². The van der Waals surface area contributed by atoms with Crippen LogP contribution < -0.4 is 5.69 Å². The number of H-pyrrole nitrogens is 1. The van der Waals surface area contributed by atoms with Gasteiger partial charge in [-0.05, 0) is 0 Å². The molecule has 0 spiro atoms. The highest BCUT2D eigenvalue weighted by atomic mass is 32.1. The Kier molecular flexibility index (Phi) is 7.24. The van der Waals surface area contributed by atoms with Crippen molar-refractivity contribution in [3.8, 4) is 0 Å². The standard InChI is InChI=1S/C10H16FN2O15P3S/c11-10(3-25-30(21,22)28-31(23,24)27-29(18,19)20)6(16)5(15)8(26-10)13-1-4(2-14)7(32)12-9(13)17/h1,5-6,8,14-16H,2-3H2,(H,21,22)(H,23,24)(H,12,17,32)(H2,18,19,20)/t5-,6+,8-,10-/m1/s1/i3D2. The predicted molar refractivity (Wildman–Crippen MR) is 97.6 cm³/mol. The summed E-state index contributed by atoms with van der Waals surface area (Å²) in [5.41, 5.74) is -1.33. The van der Waals surface area contributed by atoms with E-state index in [4.69, 9.17) is 29.6 Å². The molecule has 0 aromatic carbocycles. The third-order valence-electron chi connectivity index (χ3n) is 3.49. The van der Waals surface area contributed by atoms with Crippen LogP contribution in [0.5, 0.6) is 0 Å². The van der Waals surface area contributed by atoms with E-state index in [-0.39, 0.29) is 10.2 Å². The Morgan fingerprint density at radius 3 is 2.38 bits per heavy atom. The van der Waals surface area contributed by atoms with Crippen LogP contribution in [0.25, 0.3) is 0 Å². The molecule has 0 bridgehead atoms. The Morgan fingerprint density at radius 2 is 1.84 bits per heavy atom. The molecule has 22 heteroatoms. The summed E-state index contributed by atoms with van der Waals surface area (Å²) in [5, 5.41) is 29.4. The highest BCUT2D eigenvalue weighted by molar-refractivity contribution is 7.71. The van der Waals surface area contributed by atoms with Crippen molar-refractivity contribution < 1.29 is 73.6 Å². The van der Waals surface area contributed by atoms with Gasteiger partial charge < -0.3 is 39.6 Å². The zero-order valence-electron chi connectivity index (χ0n) is 17.0. The topological polar surface area (TPSA) is 268 Å². The van der Waals surface area contributed by atoms with Gasteiger partial charge in [-0.25, -0.2) is 22.9 Å². The van der Waals surface area contributed by atoms with Crippen molar-refractivity contribution in [1.29, 1.82) is 0 Å². The molecular formula is C10H16FN2O15P3S. The van der Waals surface area contributed by atoms with Crippen molar-refractivity contribution in [3.63, 3.8) is 0 Å². The molecule has 1 aromatic rings. The fourth-order valence-corrected chi connectivity index (χ4v) is 5.33. The molecule has 1 aliphatic rings. The number of rotatable bonds is 9. The zero-order valence-corrected chi connectivity index (χ0v) is 18.5. The van der Waals surface area contributed by atoms with E-state index < -0.39 is 66.6 Å². The highest BCUT2D eigenvalue weighted by Gasteiger charge is 2.57. The summed E-state index contributed by atoms with van der Waals surface area (Å²) in [6.45, 7) is -5.08. The summed E-state index contributed by atoms with van der Waals surface area (Å²) < 4.78 is 79.5. The minimum atomic E-state index is -6.27. The van der Waals surface area contributed by atoms with Crippen LogP contribution in [-0.2, 0) is 38.2 Å². The van der Waals surface area contributed by atoms with Gasteiger partial charge in [0.25, 0.3) is 5.85 Å². The molecule has 2 heterocycles. The van der Waals surface area contributed by atoms with Crippen LogP contribution in [0.15, 0.2) is 11.0 Å². The first-order valence-corrected chi connectivity index (χ1v) is 12.6. The Labute approximate surface area is 183 Å². The Bertz CT molecular complexity index is 1210. The number of ether oxygens (including phenoxy) is 1. The molecule has 2 rings (SSSR count). The lowest BCUT2D eigenvalue weighted by molar-refractivity contribution is -0.205. The number of phosphoric acid groups is 3. The summed E-state index contributed by atoms with van der Waals surface area (Å²) in [6, 6.07) is 0. The van der Waals surface area contributed by atoms with E-state index in [9.17, 15) is 38.7 Å². The van der Waals surface area contributed by atoms with Crippen LogP contribution in [0.4, 0.5) is 4.39 Å². The highest BCUT2D eigenvalue weighted by Crippen LogP contribution is 2.66. The molecule has 1 saturated heterocycles. The third kappa shape index (κ3) is 6.66. The molecule has 1 aromatic heterocycles. The number of hydrogen-bond donors (Lipinski definition) is 8. The predicted octanol–water partition coefficient (Wildman–Crippen LogP) is -1.34. The van der Waals surface area contributed by atoms with Gasteiger partial charge in [-0.3, -0.25) is 14.1 Å². The van der Waals surface area contributed by atoms with Crippen LogP contribution in [-0.4, -0.2) is 69.1 Å². The Morgan fingerprint density at radius 1 is 1.25 bits per heavy atom. The number of aromatic nitrogens is 2. The fraction of sp³-hybridized carbons (Fsp3) is 0.600. The van der Waals surface area contributed by atoms with Gasteiger partial charge in [0.05, 0.1) is 9.35 Å². The van der Waals surface area contributed by atoms with Crippen molar-refractivity contribution in [3.05, 3.63) is 26.9 Å². The molecule has 0 radical (unpaired) electrons. The maximum Gasteiger partial charge on any atom is 0.490 e. The molecule has 32 heavy (non-hydrogen) atoms. The average Bonchev–Trinajstić information content (AvgIpc) is 2.83. The first-order chi connectivity index (χ1) is 15.1. The second-order valence-electron chi connectivity index (χ2n) is 5.85. The number of alkyl halides is 1. The maximum absolute atomic E-state index is 15.4. The van der Waals surface area contributed by atoms with Gasteiger partial charge in [0.1, 0.15) is 23.4 Å². The monoisotopic (exact) mass is 550 g/mol. The minimum Gasteiger partial charge on any atom is -0.392 e. The lowest BCUT2D eigenvalue weighted by Gasteiger charge is -2.24. The second-order valence-corrected chi connectivity index (χ2v) is 10.6. The van der Waals surface area contributed by atoms with Gasteiger partial charge in [-0.1, -0.05) is 12.2 Å². The molecule has 2 unspecified atom stereocenters. The van der Waals surface area contributed by atoms with E-state index in [0.717, 1.165) is 6.20 Å². The van der Waals surface area contributed by atoms with Crippen molar-refractivity contribution >= 4 is 35.7 Å². The molecule has 6 atom stereocenters. The molecule has 8 N–H and O–H groups in total. The van der Waals surface area contributed by atoms with E-state index in [0.29, 0.717) is 4.57 Å². The molecular weight excluding hydrogens is 532 g/mol. The fourth-order valence-electron chi connectivity index (χ4n) is 2.24. The van der Waals surface area contributed by atoms with E-state index in [1.807, 2.05) is 4.98 Å². The van der Waals surface area contributed by atoms with E-state index in [2.05, 4.69) is 17.9 Å². The summed E-state index contributed by atoms with van der Waals surface area (Å²) in [4.78, 5) is 49.6. The molecule has 0 saturated carbocycles.